The van der Waals surface area contributed by atoms with Gasteiger partial charge < -0.3 is 9.64 Å². The normalized spacial score (nSPS) is 29.1. The van der Waals surface area contributed by atoms with E-state index in [1.807, 2.05) is 0 Å². The Morgan fingerprint density at radius 1 is 1.33 bits per heavy atom. The van der Waals surface area contributed by atoms with Gasteiger partial charge in [0.2, 0.25) is 0 Å². The molecule has 3 aliphatic rings. The van der Waals surface area contributed by atoms with Crippen LogP contribution >= 0.6 is 12.4 Å². The summed E-state index contributed by atoms with van der Waals surface area (Å²) in [6.07, 6.45) is 9.33. The highest BCUT2D eigenvalue weighted by atomic mass is 35.5. The SMILES string of the molecule is CCCCC(=O)C1=CCC23CCN(C)C(Cc4ccc(OC)cc42)[C@H]3C1.Cl. The molecule has 0 saturated carbocycles. The topological polar surface area (TPSA) is 29.5 Å². The number of rotatable bonds is 5. The van der Waals surface area contributed by atoms with Gasteiger partial charge in [-0.2, -0.15) is 0 Å². The van der Waals surface area contributed by atoms with E-state index in [1.54, 1.807) is 7.11 Å². The van der Waals surface area contributed by atoms with Gasteiger partial charge in [0, 0.05) is 17.9 Å². The van der Waals surface area contributed by atoms with Gasteiger partial charge in [-0.15, -0.1) is 12.4 Å². The van der Waals surface area contributed by atoms with E-state index >= 15 is 0 Å². The Labute approximate surface area is 169 Å². The number of carbonyl (C=O) groups excluding carboxylic acids is 1. The Morgan fingerprint density at radius 2 is 2.15 bits per heavy atom. The zero-order chi connectivity index (χ0) is 18.3. The Balaban J connectivity index is 0.00000210. The largest absolute Gasteiger partial charge is 0.497 e. The van der Waals surface area contributed by atoms with E-state index < -0.39 is 0 Å². The van der Waals surface area contributed by atoms with E-state index in [0.717, 1.165) is 50.0 Å². The Morgan fingerprint density at radius 3 is 2.89 bits per heavy atom. The zero-order valence-electron chi connectivity index (χ0n) is 16.8. The standard InChI is InChI=1S/C23H31NO2.ClH/c1-4-5-6-22(25)17-9-10-23-11-12-24(2)21(20(23)13-17)14-16-7-8-18(26-3)15-19(16)23;/h7-9,15,20-21H,4-6,10-14H2,1-3H3;1H/t20-,21?,23?;/m1./s1. The molecule has 2 unspecified atom stereocenters. The Hall–Kier alpha value is -1.32. The number of unbranched alkanes of at least 4 members (excludes halogenated alkanes) is 1. The molecule has 0 aromatic heterocycles. The molecule has 2 aliphatic carbocycles. The van der Waals surface area contributed by atoms with E-state index in [9.17, 15) is 4.79 Å². The van der Waals surface area contributed by atoms with Crippen molar-refractivity contribution >= 4 is 18.2 Å². The van der Waals surface area contributed by atoms with Gasteiger partial charge in [0.05, 0.1) is 7.11 Å². The summed E-state index contributed by atoms with van der Waals surface area (Å²) in [5.74, 6) is 1.90. The molecule has 1 aromatic rings. The van der Waals surface area contributed by atoms with Crippen LogP contribution in [0, 0.1) is 5.92 Å². The number of nitrogens with zero attached hydrogens (tertiary/aromatic N) is 1. The second kappa shape index (κ2) is 7.97. The number of hydrogen-bond acceptors (Lipinski definition) is 3. The number of carbonyl (C=O) groups is 1. The molecule has 1 fully saturated rings. The second-order valence-corrected chi connectivity index (χ2v) is 8.45. The highest BCUT2D eigenvalue weighted by Gasteiger charge is 2.53. The first kappa shape index (κ1) is 20.4. The summed E-state index contributed by atoms with van der Waals surface area (Å²) in [6, 6.07) is 7.20. The maximum Gasteiger partial charge on any atom is 0.158 e. The third-order valence-electron chi connectivity index (χ3n) is 7.20. The molecule has 3 atom stereocenters. The average molecular weight is 390 g/mol. The number of ketones is 1. The van der Waals surface area contributed by atoms with Gasteiger partial charge in [0.15, 0.2) is 5.78 Å². The minimum absolute atomic E-state index is 0. The Bertz CT molecular complexity index is 744. The van der Waals surface area contributed by atoms with Crippen LogP contribution in [-0.4, -0.2) is 37.4 Å². The van der Waals surface area contributed by atoms with Crippen molar-refractivity contribution in [1.82, 2.24) is 4.90 Å². The van der Waals surface area contributed by atoms with E-state index in [1.165, 1.54) is 17.5 Å². The number of likely N-dealkylation sites (tertiary alicyclic amines) is 1. The lowest BCUT2D eigenvalue weighted by atomic mass is 9.52. The molecule has 1 aliphatic heterocycles. The highest BCUT2D eigenvalue weighted by Crippen LogP contribution is 2.55. The van der Waals surface area contributed by atoms with Gasteiger partial charge in [0.1, 0.15) is 5.75 Å². The molecule has 1 aromatic carbocycles. The average Bonchev–Trinajstić information content (AvgIpc) is 2.68. The molecule has 4 heteroatoms. The summed E-state index contributed by atoms with van der Waals surface area (Å²) in [4.78, 5) is 15.2. The Kier molecular flexibility index (Phi) is 6.02. The number of allylic oxidation sites excluding steroid dienone is 2. The summed E-state index contributed by atoms with van der Waals surface area (Å²) in [5, 5.41) is 0. The van der Waals surface area contributed by atoms with E-state index in [4.69, 9.17) is 4.74 Å². The highest BCUT2D eigenvalue weighted by molar-refractivity contribution is 5.95. The minimum atomic E-state index is 0. The van der Waals surface area contributed by atoms with Crippen molar-refractivity contribution in [3.05, 3.63) is 41.0 Å². The lowest BCUT2D eigenvalue weighted by molar-refractivity contribution is -0.116. The number of methoxy groups -OCH3 is 1. The minimum Gasteiger partial charge on any atom is -0.497 e. The van der Waals surface area contributed by atoms with Crippen molar-refractivity contribution < 1.29 is 9.53 Å². The molecule has 0 radical (unpaired) electrons. The number of halogens is 1. The molecule has 3 nitrogen and oxygen atoms in total. The summed E-state index contributed by atoms with van der Waals surface area (Å²) in [6.45, 7) is 3.30. The number of benzene rings is 1. The van der Waals surface area contributed by atoms with Crippen LogP contribution in [-0.2, 0) is 16.6 Å². The van der Waals surface area contributed by atoms with Crippen molar-refractivity contribution in [2.45, 2.75) is 63.3 Å². The first-order valence-corrected chi connectivity index (χ1v) is 10.2. The molecule has 0 spiro atoms. The summed E-state index contributed by atoms with van der Waals surface area (Å²) >= 11 is 0. The monoisotopic (exact) mass is 389 g/mol. The first-order chi connectivity index (χ1) is 12.6. The summed E-state index contributed by atoms with van der Waals surface area (Å²) in [7, 11) is 4.02. The van der Waals surface area contributed by atoms with Crippen LogP contribution in [0.25, 0.3) is 0 Å². The van der Waals surface area contributed by atoms with Crippen LogP contribution in [0.4, 0.5) is 0 Å². The van der Waals surface area contributed by atoms with Crippen molar-refractivity contribution in [3.8, 4) is 5.75 Å². The quantitative estimate of drug-likeness (QED) is 0.730. The van der Waals surface area contributed by atoms with Crippen LogP contribution in [0.1, 0.15) is 56.6 Å². The van der Waals surface area contributed by atoms with Gasteiger partial charge in [-0.05, 0) is 80.4 Å². The molecule has 0 N–H and O–H groups in total. The van der Waals surface area contributed by atoms with Gasteiger partial charge >= 0.3 is 0 Å². The third-order valence-corrected chi connectivity index (χ3v) is 7.20. The van der Waals surface area contributed by atoms with E-state index in [-0.39, 0.29) is 17.8 Å². The van der Waals surface area contributed by atoms with Gasteiger partial charge in [-0.1, -0.05) is 25.5 Å². The van der Waals surface area contributed by atoms with Gasteiger partial charge in [-0.3, -0.25) is 4.79 Å². The number of likely N-dealkylation sites (N-methyl/N-ethyl adjacent to an activating group) is 1. The van der Waals surface area contributed by atoms with Crippen LogP contribution in [0.15, 0.2) is 29.8 Å². The van der Waals surface area contributed by atoms with Crippen molar-refractivity contribution in [1.29, 1.82) is 0 Å². The van der Waals surface area contributed by atoms with E-state index in [0.29, 0.717) is 24.2 Å². The first-order valence-electron chi connectivity index (χ1n) is 10.2. The number of piperidine rings is 1. The van der Waals surface area contributed by atoms with Gasteiger partial charge in [-0.25, -0.2) is 0 Å². The lowest BCUT2D eigenvalue weighted by Crippen LogP contribution is -2.59. The van der Waals surface area contributed by atoms with Crippen LogP contribution in [0.3, 0.4) is 0 Å². The van der Waals surface area contributed by atoms with Crippen LogP contribution in [0.2, 0.25) is 0 Å². The number of fused-ring (bicyclic) bond motifs is 1. The molecular formula is C23H32ClNO2. The summed E-state index contributed by atoms with van der Waals surface area (Å²) < 4.78 is 5.54. The van der Waals surface area contributed by atoms with Crippen molar-refractivity contribution in [3.63, 3.8) is 0 Å². The smallest absolute Gasteiger partial charge is 0.158 e. The molecule has 148 valence electrons. The molecular weight excluding hydrogens is 358 g/mol. The predicted octanol–water partition coefficient (Wildman–Crippen LogP) is 4.71. The predicted molar refractivity (Wildman–Crippen MR) is 112 cm³/mol. The zero-order valence-corrected chi connectivity index (χ0v) is 17.6. The number of hydrogen-bond donors (Lipinski definition) is 0. The molecule has 27 heavy (non-hydrogen) atoms. The molecule has 1 heterocycles. The fourth-order valence-corrected chi connectivity index (χ4v) is 5.63. The fourth-order valence-electron chi connectivity index (χ4n) is 5.63. The third kappa shape index (κ3) is 3.34. The fraction of sp³-hybridized carbons (Fsp3) is 0.609. The summed E-state index contributed by atoms with van der Waals surface area (Å²) in [5.41, 5.74) is 4.26. The number of ether oxygens (including phenoxy) is 1. The maximum absolute atomic E-state index is 12.7. The lowest BCUT2D eigenvalue weighted by Gasteiger charge is -2.58. The maximum atomic E-state index is 12.7. The molecule has 4 rings (SSSR count). The molecule has 2 bridgehead atoms. The number of Topliss-reactive ketones (excluding diaryl/α,β-unsaturated/α-hetero) is 1. The van der Waals surface area contributed by atoms with Gasteiger partial charge in [0.25, 0.3) is 0 Å². The van der Waals surface area contributed by atoms with E-state index in [2.05, 4.69) is 43.1 Å². The van der Waals surface area contributed by atoms with Crippen molar-refractivity contribution in [2.75, 3.05) is 20.7 Å². The second-order valence-electron chi connectivity index (χ2n) is 8.45. The van der Waals surface area contributed by atoms with Crippen LogP contribution in [0.5, 0.6) is 5.75 Å². The molecule has 1 saturated heterocycles. The molecule has 0 amide bonds. The van der Waals surface area contributed by atoms with Crippen LogP contribution < -0.4 is 4.74 Å². The van der Waals surface area contributed by atoms with Crippen molar-refractivity contribution in [2.24, 2.45) is 5.92 Å².